The van der Waals surface area contributed by atoms with Crippen LogP contribution in [0.3, 0.4) is 0 Å². The number of carboxylic acid groups (broad SMARTS) is 1. The minimum Gasteiger partial charge on any atom is -0.481 e. The molecule has 0 aliphatic rings. The van der Waals surface area contributed by atoms with E-state index in [1.54, 1.807) is 0 Å². The number of aliphatic carboxylic acids is 1. The van der Waals surface area contributed by atoms with Crippen LogP contribution in [0, 0.1) is 0 Å². The number of aromatic nitrogens is 1. The van der Waals surface area contributed by atoms with Crippen LogP contribution in [0.1, 0.15) is 17.7 Å². The molecule has 0 fully saturated rings. The highest BCUT2D eigenvalue weighted by Crippen LogP contribution is 2.22. The summed E-state index contributed by atoms with van der Waals surface area (Å²) < 4.78 is 0. The Morgan fingerprint density at radius 2 is 2.10 bits per heavy atom. The van der Waals surface area contributed by atoms with E-state index >= 15 is 0 Å². The second-order valence-corrected chi connectivity index (χ2v) is 5.77. The number of hydrogen-bond acceptors (Lipinski definition) is 4. The number of carbonyl (C=O) groups is 1. The summed E-state index contributed by atoms with van der Waals surface area (Å²) in [4.78, 5) is 17.0. The van der Waals surface area contributed by atoms with E-state index in [0.29, 0.717) is 6.42 Å². The maximum Gasteiger partial charge on any atom is 0.303 e. The monoisotopic (exact) mass is 310 g/mol. The van der Waals surface area contributed by atoms with Gasteiger partial charge >= 0.3 is 5.97 Å². The third-order valence-corrected chi connectivity index (χ3v) is 4.05. The third-order valence-electron chi connectivity index (χ3n) is 2.79. The van der Waals surface area contributed by atoms with Crippen LogP contribution >= 0.6 is 22.9 Å². The zero-order valence-electron chi connectivity index (χ0n) is 11.0. The van der Waals surface area contributed by atoms with Crippen molar-refractivity contribution in [3.8, 4) is 0 Å². The van der Waals surface area contributed by atoms with Gasteiger partial charge in [0.1, 0.15) is 0 Å². The van der Waals surface area contributed by atoms with E-state index in [-0.39, 0.29) is 6.42 Å². The molecular weight excluding hydrogens is 296 g/mol. The van der Waals surface area contributed by atoms with E-state index in [1.807, 2.05) is 41.6 Å². The highest BCUT2D eigenvalue weighted by molar-refractivity contribution is 7.13. The van der Waals surface area contributed by atoms with E-state index in [1.165, 1.54) is 11.3 Å². The summed E-state index contributed by atoms with van der Waals surface area (Å²) >= 11 is 7.38. The van der Waals surface area contributed by atoms with Crippen LogP contribution in [0.4, 0.5) is 5.13 Å². The zero-order valence-corrected chi connectivity index (χ0v) is 12.6. The van der Waals surface area contributed by atoms with Crippen LogP contribution in [0.5, 0.6) is 0 Å². The number of hydrogen-bond donors (Lipinski definition) is 1. The van der Waals surface area contributed by atoms with E-state index in [4.69, 9.17) is 16.7 Å². The normalized spacial score (nSPS) is 10.5. The van der Waals surface area contributed by atoms with Crippen molar-refractivity contribution in [1.82, 2.24) is 4.98 Å². The highest BCUT2D eigenvalue weighted by Gasteiger charge is 2.09. The highest BCUT2D eigenvalue weighted by atomic mass is 35.5. The van der Waals surface area contributed by atoms with Crippen molar-refractivity contribution in [3.05, 3.63) is 45.9 Å². The summed E-state index contributed by atoms with van der Waals surface area (Å²) in [6.07, 6.45) is 0.588. The van der Waals surface area contributed by atoms with Gasteiger partial charge in [-0.2, -0.15) is 0 Å². The lowest BCUT2D eigenvalue weighted by molar-refractivity contribution is -0.136. The fraction of sp³-hybridized carbons (Fsp3) is 0.286. The van der Waals surface area contributed by atoms with Crippen molar-refractivity contribution in [3.63, 3.8) is 0 Å². The van der Waals surface area contributed by atoms with Gasteiger partial charge in [-0.1, -0.05) is 23.7 Å². The zero-order chi connectivity index (χ0) is 14.5. The van der Waals surface area contributed by atoms with Gasteiger partial charge in [-0.3, -0.25) is 4.79 Å². The molecule has 4 nitrogen and oxygen atoms in total. The Hall–Kier alpha value is -1.59. The Bertz CT molecular complexity index is 583. The average Bonchev–Trinajstić information content (AvgIpc) is 2.88. The maximum absolute atomic E-state index is 10.5. The number of rotatable bonds is 6. The summed E-state index contributed by atoms with van der Waals surface area (Å²) in [7, 11) is 1.97. The summed E-state index contributed by atoms with van der Waals surface area (Å²) in [5, 5.41) is 12.2. The van der Waals surface area contributed by atoms with Crippen molar-refractivity contribution in [2.45, 2.75) is 19.4 Å². The van der Waals surface area contributed by atoms with Crippen molar-refractivity contribution in [2.75, 3.05) is 11.9 Å². The number of nitrogens with zero attached hydrogens (tertiary/aromatic N) is 2. The van der Waals surface area contributed by atoms with Crippen molar-refractivity contribution in [1.29, 1.82) is 0 Å². The number of halogens is 1. The molecule has 106 valence electrons. The van der Waals surface area contributed by atoms with Gasteiger partial charge in [-0.25, -0.2) is 4.98 Å². The van der Waals surface area contributed by atoms with Crippen LogP contribution in [-0.4, -0.2) is 23.1 Å². The van der Waals surface area contributed by atoms with Gasteiger partial charge in [0.2, 0.25) is 0 Å². The molecule has 1 aromatic heterocycles. The van der Waals surface area contributed by atoms with Gasteiger partial charge in [-0.05, 0) is 17.7 Å². The first kappa shape index (κ1) is 14.8. The Balaban J connectivity index is 1.96. The molecule has 0 aliphatic heterocycles. The molecule has 0 spiro atoms. The lowest BCUT2D eigenvalue weighted by Gasteiger charge is -2.15. The molecule has 0 bridgehead atoms. The molecule has 0 amide bonds. The number of anilines is 1. The molecular formula is C14H15ClN2O2S. The van der Waals surface area contributed by atoms with Gasteiger partial charge in [0.25, 0.3) is 0 Å². The quantitative estimate of drug-likeness (QED) is 0.888. The molecule has 0 atom stereocenters. The Morgan fingerprint density at radius 3 is 2.75 bits per heavy atom. The lowest BCUT2D eigenvalue weighted by Crippen LogP contribution is -2.16. The molecule has 0 aliphatic carbocycles. The van der Waals surface area contributed by atoms with Gasteiger partial charge in [0.15, 0.2) is 5.13 Å². The predicted molar refractivity (Wildman–Crippen MR) is 81.6 cm³/mol. The molecule has 2 rings (SSSR count). The van der Waals surface area contributed by atoms with Crippen LogP contribution in [0.2, 0.25) is 5.02 Å². The molecule has 20 heavy (non-hydrogen) atoms. The van der Waals surface area contributed by atoms with Crippen molar-refractivity contribution < 1.29 is 9.90 Å². The summed E-state index contributed by atoms with van der Waals surface area (Å²) in [6.45, 7) is 0.739. The van der Waals surface area contributed by atoms with Gasteiger partial charge in [-0.15, -0.1) is 11.3 Å². The first-order valence-corrected chi connectivity index (χ1v) is 7.42. The molecule has 2 aromatic rings. The molecule has 0 unspecified atom stereocenters. The number of aryl methyl sites for hydroxylation is 1. The molecule has 0 radical (unpaired) electrons. The molecule has 1 aromatic carbocycles. The van der Waals surface area contributed by atoms with Gasteiger partial charge < -0.3 is 10.0 Å². The van der Waals surface area contributed by atoms with Crippen LogP contribution < -0.4 is 4.90 Å². The van der Waals surface area contributed by atoms with Crippen LogP contribution in [0.15, 0.2) is 29.6 Å². The summed E-state index contributed by atoms with van der Waals surface area (Å²) in [5.41, 5.74) is 1.98. The van der Waals surface area contributed by atoms with E-state index in [2.05, 4.69) is 4.98 Å². The summed E-state index contributed by atoms with van der Waals surface area (Å²) in [5.74, 6) is -0.797. The van der Waals surface area contributed by atoms with Crippen molar-refractivity contribution >= 4 is 34.0 Å². The Labute approximate surface area is 126 Å². The van der Waals surface area contributed by atoms with Crippen molar-refractivity contribution in [2.24, 2.45) is 0 Å². The maximum atomic E-state index is 10.5. The minimum atomic E-state index is -0.797. The topological polar surface area (TPSA) is 53.4 Å². The summed E-state index contributed by atoms with van der Waals surface area (Å²) in [6, 6.07) is 7.70. The third kappa shape index (κ3) is 4.21. The smallest absolute Gasteiger partial charge is 0.303 e. The second kappa shape index (κ2) is 6.72. The van der Waals surface area contributed by atoms with E-state index in [0.717, 1.165) is 28.0 Å². The number of benzene rings is 1. The average molecular weight is 311 g/mol. The molecule has 1 heterocycles. The second-order valence-electron chi connectivity index (χ2n) is 4.50. The first-order valence-electron chi connectivity index (χ1n) is 6.16. The minimum absolute atomic E-state index is 0.115. The molecule has 1 N–H and O–H groups in total. The SMILES string of the molecule is CN(Cc1ccc(Cl)cc1)c1nc(CCC(=O)O)cs1. The van der Waals surface area contributed by atoms with Gasteiger partial charge in [0, 0.05) is 30.4 Å². The van der Waals surface area contributed by atoms with Crippen LogP contribution in [0.25, 0.3) is 0 Å². The largest absolute Gasteiger partial charge is 0.481 e. The lowest BCUT2D eigenvalue weighted by atomic mass is 10.2. The van der Waals surface area contributed by atoms with E-state index < -0.39 is 5.97 Å². The fourth-order valence-corrected chi connectivity index (χ4v) is 2.71. The van der Waals surface area contributed by atoms with Crippen LogP contribution in [-0.2, 0) is 17.8 Å². The molecule has 6 heteroatoms. The van der Waals surface area contributed by atoms with E-state index in [9.17, 15) is 4.79 Å². The predicted octanol–water partition coefficient (Wildman–Crippen LogP) is 3.45. The number of thiazole rings is 1. The van der Waals surface area contributed by atoms with Gasteiger partial charge in [0.05, 0.1) is 12.1 Å². The fourth-order valence-electron chi connectivity index (χ4n) is 1.75. The number of carboxylic acids is 1. The standard InChI is InChI=1S/C14H15ClN2O2S/c1-17(8-10-2-4-11(15)5-3-10)14-16-12(9-20-14)6-7-13(18)19/h2-5,9H,6-8H2,1H3,(H,18,19). The first-order chi connectivity index (χ1) is 9.54. The molecule has 0 saturated heterocycles. The Morgan fingerprint density at radius 1 is 1.40 bits per heavy atom. The molecule has 0 saturated carbocycles. The Kier molecular flexibility index (Phi) is 4.98.